The lowest BCUT2D eigenvalue weighted by atomic mass is 10.2. The summed E-state index contributed by atoms with van der Waals surface area (Å²) >= 11 is 0. The van der Waals surface area contributed by atoms with Crippen LogP contribution in [0.2, 0.25) is 0 Å². The summed E-state index contributed by atoms with van der Waals surface area (Å²) in [6.45, 7) is 3.07. The molecule has 1 amide bonds. The second-order valence-electron chi connectivity index (χ2n) is 4.00. The van der Waals surface area contributed by atoms with E-state index in [1.165, 1.54) is 0 Å². The van der Waals surface area contributed by atoms with Gasteiger partial charge in [-0.1, -0.05) is 11.2 Å². The normalized spacial score (nSPS) is 11.3. The highest BCUT2D eigenvalue weighted by atomic mass is 16.5. The van der Waals surface area contributed by atoms with Crippen molar-refractivity contribution in [2.45, 2.75) is 13.2 Å². The van der Waals surface area contributed by atoms with Crippen LogP contribution >= 0.6 is 0 Å². The zero-order chi connectivity index (χ0) is 15.5. The second kappa shape index (κ2) is 9.60. The van der Waals surface area contributed by atoms with Gasteiger partial charge in [0, 0.05) is 30.2 Å². The number of ether oxygens (including phenoxy) is 2. The van der Waals surface area contributed by atoms with Gasteiger partial charge in [-0.3, -0.25) is 4.79 Å². The Morgan fingerprint density at radius 3 is 3.05 bits per heavy atom. The molecule has 8 nitrogen and oxygen atoms in total. The predicted molar refractivity (Wildman–Crippen MR) is 77.9 cm³/mol. The Morgan fingerprint density at radius 1 is 1.57 bits per heavy atom. The van der Waals surface area contributed by atoms with E-state index in [0.29, 0.717) is 31.0 Å². The van der Waals surface area contributed by atoms with E-state index in [4.69, 9.17) is 20.7 Å². The minimum Gasteiger partial charge on any atom is -0.491 e. The SMILES string of the molecule is CCOC(COc1cccc(C(=O)NCCN)c1)N=[N+]=[N-]. The standard InChI is InChI=1S/C13H19N5O3/c1-2-20-12(17-18-15)9-21-11-5-3-4-10(8-11)13(19)16-7-6-14/h3-5,8,12H,2,6-7,9,14H2,1H3,(H,16,19). The molecule has 0 heterocycles. The molecular weight excluding hydrogens is 274 g/mol. The lowest BCUT2D eigenvalue weighted by molar-refractivity contribution is 0.0325. The minimum atomic E-state index is -0.699. The zero-order valence-corrected chi connectivity index (χ0v) is 11.9. The monoisotopic (exact) mass is 293 g/mol. The molecule has 0 saturated carbocycles. The number of nitrogens with zero attached hydrogens (tertiary/aromatic N) is 3. The zero-order valence-electron chi connectivity index (χ0n) is 11.9. The van der Waals surface area contributed by atoms with Crippen LogP contribution in [-0.4, -0.2) is 38.4 Å². The highest BCUT2D eigenvalue weighted by Gasteiger charge is 2.09. The Morgan fingerprint density at radius 2 is 2.38 bits per heavy atom. The topological polar surface area (TPSA) is 122 Å². The van der Waals surface area contributed by atoms with Crippen molar-refractivity contribution in [1.82, 2.24) is 5.32 Å². The molecule has 114 valence electrons. The molecule has 1 aromatic carbocycles. The summed E-state index contributed by atoms with van der Waals surface area (Å²) in [6.07, 6.45) is -0.699. The lowest BCUT2D eigenvalue weighted by Gasteiger charge is -2.13. The van der Waals surface area contributed by atoms with Crippen molar-refractivity contribution in [2.24, 2.45) is 10.8 Å². The molecule has 1 rings (SSSR count). The third-order valence-corrected chi connectivity index (χ3v) is 2.46. The molecule has 0 aliphatic rings. The molecule has 0 aliphatic carbocycles. The second-order valence-corrected chi connectivity index (χ2v) is 4.00. The minimum absolute atomic E-state index is 0.0752. The summed E-state index contributed by atoms with van der Waals surface area (Å²) in [5.41, 5.74) is 14.2. The van der Waals surface area contributed by atoms with Crippen molar-refractivity contribution in [3.05, 3.63) is 40.3 Å². The van der Waals surface area contributed by atoms with Crippen LogP contribution in [0, 0.1) is 0 Å². The van der Waals surface area contributed by atoms with Gasteiger partial charge in [-0.05, 0) is 30.7 Å². The maximum atomic E-state index is 11.8. The van der Waals surface area contributed by atoms with E-state index < -0.39 is 6.23 Å². The molecule has 0 spiro atoms. The Labute approximate surface area is 122 Å². The van der Waals surface area contributed by atoms with Gasteiger partial charge in [0.2, 0.25) is 0 Å². The summed E-state index contributed by atoms with van der Waals surface area (Å²) in [5.74, 6) is 0.274. The molecule has 8 heteroatoms. The van der Waals surface area contributed by atoms with Gasteiger partial charge in [0.15, 0.2) is 6.23 Å². The molecule has 1 atom stereocenters. The number of hydrogen-bond acceptors (Lipinski definition) is 5. The van der Waals surface area contributed by atoms with Crippen molar-refractivity contribution in [2.75, 3.05) is 26.3 Å². The van der Waals surface area contributed by atoms with Gasteiger partial charge in [0.05, 0.1) is 0 Å². The maximum absolute atomic E-state index is 11.8. The van der Waals surface area contributed by atoms with Crippen LogP contribution in [-0.2, 0) is 4.74 Å². The van der Waals surface area contributed by atoms with Crippen LogP contribution in [0.3, 0.4) is 0 Å². The van der Waals surface area contributed by atoms with Gasteiger partial charge >= 0.3 is 0 Å². The Kier molecular flexibility index (Phi) is 7.67. The van der Waals surface area contributed by atoms with Crippen LogP contribution in [0.4, 0.5) is 0 Å². The van der Waals surface area contributed by atoms with Crippen molar-refractivity contribution in [1.29, 1.82) is 0 Å². The van der Waals surface area contributed by atoms with Crippen molar-refractivity contribution >= 4 is 5.91 Å². The van der Waals surface area contributed by atoms with E-state index in [-0.39, 0.29) is 12.5 Å². The van der Waals surface area contributed by atoms with Gasteiger partial charge in [-0.25, -0.2) is 0 Å². The van der Waals surface area contributed by atoms with E-state index in [1.54, 1.807) is 31.2 Å². The van der Waals surface area contributed by atoms with Crippen molar-refractivity contribution in [3.63, 3.8) is 0 Å². The van der Waals surface area contributed by atoms with Gasteiger partial charge in [-0.2, -0.15) is 0 Å². The first-order valence-electron chi connectivity index (χ1n) is 6.58. The summed E-state index contributed by atoms with van der Waals surface area (Å²) < 4.78 is 10.7. The molecule has 0 bridgehead atoms. The van der Waals surface area contributed by atoms with Crippen LogP contribution in [0.15, 0.2) is 29.4 Å². The van der Waals surface area contributed by atoms with Crippen LogP contribution in [0.1, 0.15) is 17.3 Å². The summed E-state index contributed by atoms with van der Waals surface area (Å²) in [7, 11) is 0. The molecule has 1 aromatic rings. The Bertz CT molecular complexity index is 502. The number of carbonyl (C=O) groups excluding carboxylic acids is 1. The smallest absolute Gasteiger partial charge is 0.251 e. The van der Waals surface area contributed by atoms with E-state index in [2.05, 4.69) is 15.3 Å². The fourth-order valence-corrected chi connectivity index (χ4v) is 1.55. The number of hydrogen-bond donors (Lipinski definition) is 2. The lowest BCUT2D eigenvalue weighted by Crippen LogP contribution is -2.29. The fourth-order valence-electron chi connectivity index (χ4n) is 1.55. The Hall–Kier alpha value is -2.28. The first kappa shape index (κ1) is 16.8. The first-order chi connectivity index (χ1) is 10.2. The Balaban J connectivity index is 2.63. The number of nitrogens with two attached hydrogens (primary N) is 1. The molecule has 0 aliphatic heterocycles. The number of nitrogens with one attached hydrogen (secondary N) is 1. The number of amides is 1. The van der Waals surface area contributed by atoms with E-state index >= 15 is 0 Å². The number of azide groups is 1. The van der Waals surface area contributed by atoms with Crippen molar-refractivity contribution in [3.8, 4) is 5.75 Å². The quantitative estimate of drug-likeness (QED) is 0.406. The average molecular weight is 293 g/mol. The highest BCUT2D eigenvalue weighted by Crippen LogP contribution is 2.14. The van der Waals surface area contributed by atoms with Crippen LogP contribution < -0.4 is 15.8 Å². The van der Waals surface area contributed by atoms with Gasteiger partial charge in [0.1, 0.15) is 12.4 Å². The molecular formula is C13H19N5O3. The first-order valence-corrected chi connectivity index (χ1v) is 6.58. The average Bonchev–Trinajstić information content (AvgIpc) is 2.51. The molecule has 0 fully saturated rings. The summed E-state index contributed by atoms with van der Waals surface area (Å²) in [6, 6.07) is 6.69. The predicted octanol–water partition coefficient (Wildman–Crippen LogP) is 1.43. The summed E-state index contributed by atoms with van der Waals surface area (Å²) in [5, 5.41) is 6.14. The number of benzene rings is 1. The van der Waals surface area contributed by atoms with Gasteiger partial charge in [-0.15, -0.1) is 0 Å². The molecule has 1 unspecified atom stereocenters. The van der Waals surface area contributed by atoms with Crippen LogP contribution in [0.5, 0.6) is 5.75 Å². The van der Waals surface area contributed by atoms with Gasteiger partial charge in [0.25, 0.3) is 5.91 Å². The molecule has 3 N–H and O–H groups in total. The molecule has 0 radical (unpaired) electrons. The summed E-state index contributed by atoms with van der Waals surface area (Å²) in [4.78, 5) is 14.5. The van der Waals surface area contributed by atoms with Gasteiger partial charge < -0.3 is 20.5 Å². The molecule has 0 aromatic heterocycles. The third-order valence-electron chi connectivity index (χ3n) is 2.46. The third kappa shape index (κ3) is 6.13. The van der Waals surface area contributed by atoms with E-state index in [9.17, 15) is 4.79 Å². The van der Waals surface area contributed by atoms with Crippen molar-refractivity contribution < 1.29 is 14.3 Å². The molecule has 0 saturated heterocycles. The number of rotatable bonds is 9. The fraction of sp³-hybridized carbons (Fsp3) is 0.462. The molecule has 21 heavy (non-hydrogen) atoms. The van der Waals surface area contributed by atoms with E-state index in [1.807, 2.05) is 0 Å². The maximum Gasteiger partial charge on any atom is 0.251 e. The number of carbonyl (C=O) groups is 1. The highest BCUT2D eigenvalue weighted by molar-refractivity contribution is 5.94. The van der Waals surface area contributed by atoms with Crippen LogP contribution in [0.25, 0.3) is 10.4 Å². The van der Waals surface area contributed by atoms with E-state index in [0.717, 1.165) is 0 Å². The largest absolute Gasteiger partial charge is 0.491 e.